The van der Waals surface area contributed by atoms with E-state index in [4.69, 9.17) is 4.42 Å². The van der Waals surface area contributed by atoms with Gasteiger partial charge < -0.3 is 25.1 Å². The van der Waals surface area contributed by atoms with Crippen molar-refractivity contribution in [2.24, 2.45) is 5.92 Å². The number of rotatable bonds is 10. The summed E-state index contributed by atoms with van der Waals surface area (Å²) >= 11 is 1.06. The van der Waals surface area contributed by atoms with Gasteiger partial charge in [-0.3, -0.25) is 4.79 Å². The number of aryl methyl sites for hydroxylation is 2. The zero-order chi connectivity index (χ0) is 24.0. The summed E-state index contributed by atoms with van der Waals surface area (Å²) in [5, 5.41) is 16.6. The number of allylic oxidation sites excluding steroid dienone is 2. The van der Waals surface area contributed by atoms with Gasteiger partial charge in [0.25, 0.3) is 0 Å². The molecule has 3 heterocycles. The fourth-order valence-corrected chi connectivity index (χ4v) is 4.08. The van der Waals surface area contributed by atoms with Crippen LogP contribution in [0.2, 0.25) is 0 Å². The predicted octanol–water partition coefficient (Wildman–Crippen LogP) is 5.49. The molecule has 2 aromatic rings. The van der Waals surface area contributed by atoms with Gasteiger partial charge in [-0.05, 0) is 50.3 Å². The zero-order valence-corrected chi connectivity index (χ0v) is 20.5. The smallest absolute Gasteiger partial charge is 0.226 e. The number of aliphatic hydroxyl groups excluding tert-OH is 1. The van der Waals surface area contributed by atoms with E-state index in [2.05, 4.69) is 39.8 Å². The first-order valence-corrected chi connectivity index (χ1v) is 11.9. The second kappa shape index (κ2) is 11.2. The van der Waals surface area contributed by atoms with Gasteiger partial charge in [-0.25, -0.2) is 0 Å². The van der Waals surface area contributed by atoms with Crippen LogP contribution in [0.5, 0.6) is 0 Å². The van der Waals surface area contributed by atoms with E-state index in [-0.39, 0.29) is 23.6 Å². The summed E-state index contributed by atoms with van der Waals surface area (Å²) in [6, 6.07) is 1.94. The lowest BCUT2D eigenvalue weighted by Gasteiger charge is -2.21. The first kappa shape index (κ1) is 24.6. The third-order valence-corrected chi connectivity index (χ3v) is 6.18. The van der Waals surface area contributed by atoms with E-state index >= 15 is 0 Å². The van der Waals surface area contributed by atoms with Crippen LogP contribution in [0.4, 0.5) is 11.6 Å². The molecular weight excluding hydrogens is 438 g/mol. The molecule has 1 fully saturated rings. The van der Waals surface area contributed by atoms with E-state index in [0.29, 0.717) is 23.8 Å². The molecule has 1 amide bonds. The molecular formula is C24H33N5O3S. The van der Waals surface area contributed by atoms with Crippen LogP contribution >= 0.6 is 11.7 Å². The van der Waals surface area contributed by atoms with Crippen LogP contribution in [0.1, 0.15) is 56.2 Å². The van der Waals surface area contributed by atoms with E-state index in [1.807, 2.05) is 24.8 Å². The number of hydrogen-bond acceptors (Lipinski definition) is 8. The molecule has 8 nitrogen and oxygen atoms in total. The number of furan rings is 1. The van der Waals surface area contributed by atoms with Gasteiger partial charge in [0.1, 0.15) is 17.3 Å². The Kier molecular flexibility index (Phi) is 8.32. The second-order valence-corrected chi connectivity index (χ2v) is 9.12. The Morgan fingerprint density at radius 2 is 2.00 bits per heavy atom. The van der Waals surface area contributed by atoms with Crippen molar-refractivity contribution >= 4 is 29.3 Å². The van der Waals surface area contributed by atoms with E-state index in [1.54, 1.807) is 18.2 Å². The fraction of sp³-hybridized carbons (Fsp3) is 0.458. The van der Waals surface area contributed by atoms with Gasteiger partial charge in [-0.1, -0.05) is 32.6 Å². The maximum absolute atomic E-state index is 12.2. The van der Waals surface area contributed by atoms with Crippen molar-refractivity contribution in [1.29, 1.82) is 0 Å². The number of likely N-dealkylation sites (tertiary alicyclic amines) is 1. The van der Waals surface area contributed by atoms with Crippen LogP contribution in [0.25, 0.3) is 0 Å². The Hall–Kier alpha value is -3.07. The van der Waals surface area contributed by atoms with Crippen LogP contribution in [-0.2, 0) is 4.79 Å². The number of aromatic nitrogens is 2. The number of amides is 1. The van der Waals surface area contributed by atoms with E-state index in [0.717, 1.165) is 54.7 Å². The third kappa shape index (κ3) is 6.47. The van der Waals surface area contributed by atoms with Crippen molar-refractivity contribution in [3.05, 3.63) is 59.4 Å². The van der Waals surface area contributed by atoms with Gasteiger partial charge in [0.2, 0.25) is 5.91 Å². The molecule has 0 spiro atoms. The highest BCUT2D eigenvalue weighted by atomic mass is 32.1. The highest BCUT2D eigenvalue weighted by Crippen LogP contribution is 2.32. The number of nitrogens with one attached hydrogen (secondary N) is 2. The molecule has 1 atom stereocenters. The fourth-order valence-electron chi connectivity index (χ4n) is 3.60. The monoisotopic (exact) mass is 471 g/mol. The second-order valence-electron chi connectivity index (χ2n) is 8.59. The van der Waals surface area contributed by atoms with Crippen LogP contribution < -0.4 is 10.6 Å². The highest BCUT2D eigenvalue weighted by Gasteiger charge is 2.23. The molecule has 1 aliphatic rings. The number of carbonyl (C=O) groups is 1. The molecule has 9 heteroatoms. The third-order valence-electron chi connectivity index (χ3n) is 5.65. The molecule has 178 valence electrons. The largest absolute Gasteiger partial charge is 0.506 e. The molecule has 0 saturated carbocycles. The van der Waals surface area contributed by atoms with Crippen LogP contribution in [0, 0.1) is 19.8 Å². The van der Waals surface area contributed by atoms with E-state index in [1.165, 1.54) is 0 Å². The summed E-state index contributed by atoms with van der Waals surface area (Å²) in [5.41, 5.74) is 1.48. The minimum atomic E-state index is -0.137. The van der Waals surface area contributed by atoms with Crippen molar-refractivity contribution in [3.8, 4) is 0 Å². The average Bonchev–Trinajstić information content (AvgIpc) is 3.50. The standard InChI is InChI=1S/C24H33N5O3S/c1-15(2)22(20-14-16(3)18(5)32-20)26-24-23(27-33-28-24)25-19(17(4)30)10-6-7-11-21(31)29-12-8-9-13-29/h6-7,10,14-15,22,30H,4,8-9,11-13H2,1-3,5H3,(H,25,27)(H,26,28)/b7-6-,19-10+. The molecule has 3 rings (SSSR count). The maximum Gasteiger partial charge on any atom is 0.226 e. The number of nitrogens with zero attached hydrogens (tertiary/aromatic N) is 3. The topological polar surface area (TPSA) is 104 Å². The molecule has 1 saturated heterocycles. The SMILES string of the molecule is C=C(O)/C(=C\C=C/CC(=O)N1CCCC1)Nc1nsnc1NC(c1cc(C)c(C)o1)C(C)C. The Labute approximate surface area is 199 Å². The van der Waals surface area contributed by atoms with Gasteiger partial charge in [0.15, 0.2) is 11.6 Å². The van der Waals surface area contributed by atoms with Gasteiger partial charge in [-0.2, -0.15) is 8.75 Å². The summed E-state index contributed by atoms with van der Waals surface area (Å²) in [4.78, 5) is 14.0. The van der Waals surface area contributed by atoms with Crippen LogP contribution in [-0.4, -0.2) is 37.8 Å². The van der Waals surface area contributed by atoms with Gasteiger partial charge in [0, 0.05) is 19.5 Å². The first-order valence-electron chi connectivity index (χ1n) is 11.2. The summed E-state index contributed by atoms with van der Waals surface area (Å²) in [6.07, 6.45) is 7.65. The van der Waals surface area contributed by atoms with E-state index < -0.39 is 0 Å². The number of carbonyl (C=O) groups excluding carboxylic acids is 1. The average molecular weight is 472 g/mol. The highest BCUT2D eigenvalue weighted by molar-refractivity contribution is 6.99. The molecule has 3 N–H and O–H groups in total. The van der Waals surface area contributed by atoms with Gasteiger partial charge in [0.05, 0.1) is 23.5 Å². The minimum Gasteiger partial charge on any atom is -0.506 e. The summed E-state index contributed by atoms with van der Waals surface area (Å²) in [6.45, 7) is 13.5. The quantitative estimate of drug-likeness (QED) is 0.311. The number of anilines is 2. The summed E-state index contributed by atoms with van der Waals surface area (Å²) in [5.74, 6) is 2.99. The lowest BCUT2D eigenvalue weighted by atomic mass is 10.0. The minimum absolute atomic E-state index is 0.0943. The van der Waals surface area contributed by atoms with Crippen LogP contribution in [0.3, 0.4) is 0 Å². The lowest BCUT2D eigenvalue weighted by molar-refractivity contribution is -0.129. The molecule has 0 radical (unpaired) electrons. The lowest BCUT2D eigenvalue weighted by Crippen LogP contribution is -2.26. The number of hydrogen-bond donors (Lipinski definition) is 3. The molecule has 0 aromatic carbocycles. The Morgan fingerprint density at radius 3 is 2.61 bits per heavy atom. The number of aliphatic hydroxyl groups is 1. The van der Waals surface area contributed by atoms with Crippen molar-refractivity contribution < 1.29 is 14.3 Å². The molecule has 1 unspecified atom stereocenters. The molecule has 0 bridgehead atoms. The molecule has 33 heavy (non-hydrogen) atoms. The predicted molar refractivity (Wildman–Crippen MR) is 132 cm³/mol. The normalized spacial score (nSPS) is 15.4. The Balaban J connectivity index is 1.69. The first-order chi connectivity index (χ1) is 15.8. The molecule has 1 aliphatic heterocycles. The van der Waals surface area contributed by atoms with Crippen molar-refractivity contribution in [1.82, 2.24) is 13.6 Å². The van der Waals surface area contributed by atoms with E-state index in [9.17, 15) is 9.90 Å². The van der Waals surface area contributed by atoms with Crippen molar-refractivity contribution in [2.45, 2.75) is 53.0 Å². The Morgan fingerprint density at radius 1 is 1.30 bits per heavy atom. The molecule has 0 aliphatic carbocycles. The van der Waals surface area contributed by atoms with Crippen molar-refractivity contribution in [2.75, 3.05) is 23.7 Å². The van der Waals surface area contributed by atoms with Crippen molar-refractivity contribution in [3.63, 3.8) is 0 Å². The van der Waals surface area contributed by atoms with Gasteiger partial charge in [-0.15, -0.1) is 0 Å². The maximum atomic E-state index is 12.2. The summed E-state index contributed by atoms with van der Waals surface area (Å²) in [7, 11) is 0. The Bertz CT molecular complexity index is 1010. The zero-order valence-electron chi connectivity index (χ0n) is 19.7. The molecule has 2 aromatic heterocycles. The van der Waals surface area contributed by atoms with Gasteiger partial charge >= 0.3 is 0 Å². The van der Waals surface area contributed by atoms with Crippen LogP contribution in [0.15, 0.2) is 46.7 Å². The summed E-state index contributed by atoms with van der Waals surface area (Å²) < 4.78 is 14.6.